The molecule has 130 valence electrons. The zero-order valence-corrected chi connectivity index (χ0v) is 15.3. The first-order valence-corrected chi connectivity index (χ1v) is 10.1. The molecule has 1 amide bonds. The molecule has 2 aromatic rings. The van der Waals surface area contributed by atoms with Crippen LogP contribution >= 0.6 is 23.4 Å². The molecule has 0 atom stereocenters. The van der Waals surface area contributed by atoms with E-state index in [2.05, 4.69) is 15.0 Å². The van der Waals surface area contributed by atoms with E-state index in [1.807, 2.05) is 18.2 Å². The number of halogens is 1. The molecule has 6 nitrogen and oxygen atoms in total. The molecule has 9 heteroatoms. The molecule has 25 heavy (non-hydrogen) atoms. The summed E-state index contributed by atoms with van der Waals surface area (Å²) in [4.78, 5) is 12.1. The van der Waals surface area contributed by atoms with Crippen LogP contribution in [0.3, 0.4) is 0 Å². The summed E-state index contributed by atoms with van der Waals surface area (Å²) in [6, 6.07) is 13.7. The van der Waals surface area contributed by atoms with Crippen molar-refractivity contribution in [2.75, 3.05) is 11.1 Å². The summed E-state index contributed by atoms with van der Waals surface area (Å²) in [5, 5.41) is 6.42. The number of hydrogen-bond acceptors (Lipinski definition) is 5. The van der Waals surface area contributed by atoms with Crippen molar-refractivity contribution >= 4 is 50.1 Å². The maximum absolute atomic E-state index is 12.1. The van der Waals surface area contributed by atoms with Crippen LogP contribution in [0.2, 0.25) is 5.02 Å². The third-order valence-electron chi connectivity index (χ3n) is 3.38. The SMILES string of the molecule is O=C(CSC1=NS(=O)(=O)c2ccccc2N1)NCc1ccccc1Cl. The zero-order chi connectivity index (χ0) is 17.9. The molecule has 2 aromatic carbocycles. The van der Waals surface area contributed by atoms with Gasteiger partial charge < -0.3 is 10.6 Å². The van der Waals surface area contributed by atoms with Gasteiger partial charge >= 0.3 is 0 Å². The number of hydrogen-bond donors (Lipinski definition) is 2. The van der Waals surface area contributed by atoms with Crippen molar-refractivity contribution in [2.45, 2.75) is 11.4 Å². The number of thioether (sulfide) groups is 1. The minimum absolute atomic E-state index is 0.0357. The molecule has 0 saturated heterocycles. The van der Waals surface area contributed by atoms with Crippen LogP contribution in [0.4, 0.5) is 5.69 Å². The summed E-state index contributed by atoms with van der Waals surface area (Å²) in [5.41, 5.74) is 1.27. The maximum atomic E-state index is 12.1. The Labute approximate surface area is 154 Å². The Hall–Kier alpha value is -2.03. The first-order chi connectivity index (χ1) is 12.0. The van der Waals surface area contributed by atoms with Crippen LogP contribution in [0.25, 0.3) is 0 Å². The van der Waals surface area contributed by atoms with Gasteiger partial charge in [-0.2, -0.15) is 8.42 Å². The van der Waals surface area contributed by atoms with Crippen molar-refractivity contribution in [2.24, 2.45) is 4.40 Å². The lowest BCUT2D eigenvalue weighted by Gasteiger charge is -2.17. The van der Waals surface area contributed by atoms with Gasteiger partial charge in [-0.25, -0.2) is 0 Å². The second-order valence-electron chi connectivity index (χ2n) is 5.15. The number of fused-ring (bicyclic) bond motifs is 1. The van der Waals surface area contributed by atoms with Crippen molar-refractivity contribution in [3.8, 4) is 0 Å². The molecular weight excluding hydrogens is 382 g/mol. The Bertz CT molecular complexity index is 945. The summed E-state index contributed by atoms with van der Waals surface area (Å²) in [5.74, 6) is -0.209. The standard InChI is InChI=1S/C16H14ClN3O3S2/c17-12-6-2-1-5-11(12)9-18-15(21)10-24-16-19-13-7-3-4-8-14(13)25(22,23)20-16/h1-8H,9-10H2,(H,18,21)(H,19,20). The van der Waals surface area contributed by atoms with Crippen molar-refractivity contribution < 1.29 is 13.2 Å². The average Bonchev–Trinajstić information content (AvgIpc) is 2.59. The van der Waals surface area contributed by atoms with Gasteiger partial charge in [-0.1, -0.05) is 53.7 Å². The monoisotopic (exact) mass is 395 g/mol. The number of anilines is 1. The third kappa shape index (κ3) is 4.33. The van der Waals surface area contributed by atoms with Gasteiger partial charge in [0, 0.05) is 11.6 Å². The molecule has 0 spiro atoms. The molecule has 0 fully saturated rings. The van der Waals surface area contributed by atoms with Crippen LogP contribution in [0.1, 0.15) is 5.56 Å². The van der Waals surface area contributed by atoms with E-state index in [0.717, 1.165) is 17.3 Å². The Morgan fingerprint density at radius 2 is 1.88 bits per heavy atom. The van der Waals surface area contributed by atoms with Gasteiger partial charge in [0.2, 0.25) is 5.91 Å². The van der Waals surface area contributed by atoms with Gasteiger partial charge in [-0.15, -0.1) is 4.40 Å². The van der Waals surface area contributed by atoms with Crippen LogP contribution in [-0.2, 0) is 21.4 Å². The smallest absolute Gasteiger partial charge is 0.286 e. The fourth-order valence-corrected chi connectivity index (χ4v) is 4.44. The highest BCUT2D eigenvalue weighted by Crippen LogP contribution is 2.28. The normalized spacial score (nSPS) is 14.8. The van der Waals surface area contributed by atoms with Crippen molar-refractivity contribution in [3.05, 3.63) is 59.1 Å². The highest BCUT2D eigenvalue weighted by Gasteiger charge is 2.24. The van der Waals surface area contributed by atoms with Gasteiger partial charge in [0.1, 0.15) is 4.90 Å². The number of rotatable bonds is 4. The number of nitrogens with zero attached hydrogens (tertiary/aromatic N) is 1. The first kappa shape index (κ1) is 17.8. The summed E-state index contributed by atoms with van der Waals surface area (Å²) >= 11 is 7.06. The van der Waals surface area contributed by atoms with Gasteiger partial charge in [0.15, 0.2) is 5.17 Å². The lowest BCUT2D eigenvalue weighted by Crippen LogP contribution is -2.27. The predicted molar refractivity (Wildman–Crippen MR) is 100 cm³/mol. The summed E-state index contributed by atoms with van der Waals surface area (Å²) in [6.07, 6.45) is 0. The summed E-state index contributed by atoms with van der Waals surface area (Å²) < 4.78 is 27.9. The van der Waals surface area contributed by atoms with Crippen molar-refractivity contribution in [3.63, 3.8) is 0 Å². The molecule has 1 aliphatic rings. The predicted octanol–water partition coefficient (Wildman–Crippen LogP) is 2.86. The Morgan fingerprint density at radius 1 is 1.16 bits per heavy atom. The molecule has 0 unspecified atom stereocenters. The Balaban J connectivity index is 1.58. The van der Waals surface area contributed by atoms with E-state index in [1.165, 1.54) is 6.07 Å². The average molecular weight is 396 g/mol. The minimum atomic E-state index is -3.74. The van der Waals surface area contributed by atoms with Crippen LogP contribution in [0.15, 0.2) is 57.8 Å². The molecule has 0 bridgehead atoms. The second-order valence-corrected chi connectivity index (χ2v) is 8.09. The Kier molecular flexibility index (Phi) is 5.31. The molecule has 0 aromatic heterocycles. The lowest BCUT2D eigenvalue weighted by atomic mass is 10.2. The number of benzene rings is 2. The molecular formula is C16H14ClN3O3S2. The molecule has 2 N–H and O–H groups in total. The van der Waals surface area contributed by atoms with E-state index in [1.54, 1.807) is 24.3 Å². The van der Waals surface area contributed by atoms with Crippen LogP contribution in [-0.4, -0.2) is 25.2 Å². The van der Waals surface area contributed by atoms with E-state index < -0.39 is 10.0 Å². The number of para-hydroxylation sites is 1. The van der Waals surface area contributed by atoms with Crippen LogP contribution in [0.5, 0.6) is 0 Å². The zero-order valence-electron chi connectivity index (χ0n) is 12.9. The maximum Gasteiger partial charge on any atom is 0.286 e. The molecule has 0 saturated carbocycles. The van der Waals surface area contributed by atoms with Crippen LogP contribution < -0.4 is 10.6 Å². The van der Waals surface area contributed by atoms with Crippen LogP contribution in [0, 0.1) is 0 Å². The van der Waals surface area contributed by atoms with Crippen molar-refractivity contribution in [1.29, 1.82) is 0 Å². The summed E-state index contributed by atoms with van der Waals surface area (Å²) in [7, 11) is -3.74. The highest BCUT2D eigenvalue weighted by atomic mass is 35.5. The summed E-state index contributed by atoms with van der Waals surface area (Å²) in [6.45, 7) is 0.306. The van der Waals surface area contributed by atoms with Gasteiger partial charge in [0.25, 0.3) is 10.0 Å². The number of nitrogens with one attached hydrogen (secondary N) is 2. The quantitative estimate of drug-likeness (QED) is 0.831. The topological polar surface area (TPSA) is 87.6 Å². The highest BCUT2D eigenvalue weighted by molar-refractivity contribution is 8.15. The second kappa shape index (κ2) is 7.47. The largest absolute Gasteiger partial charge is 0.351 e. The molecule has 1 heterocycles. The first-order valence-electron chi connectivity index (χ1n) is 7.29. The molecule has 0 aliphatic carbocycles. The number of amidine groups is 1. The molecule has 3 rings (SSSR count). The number of carbonyl (C=O) groups excluding carboxylic acids is 1. The van der Waals surface area contributed by atoms with E-state index in [-0.39, 0.29) is 21.7 Å². The minimum Gasteiger partial charge on any atom is -0.351 e. The Morgan fingerprint density at radius 3 is 2.68 bits per heavy atom. The lowest BCUT2D eigenvalue weighted by molar-refractivity contribution is -0.118. The van der Waals surface area contributed by atoms with Gasteiger partial charge in [0.05, 0.1) is 11.4 Å². The number of sulfonamides is 1. The third-order valence-corrected chi connectivity index (χ3v) is 6.08. The van der Waals surface area contributed by atoms with E-state index in [0.29, 0.717) is 17.3 Å². The molecule has 0 radical (unpaired) electrons. The van der Waals surface area contributed by atoms with Gasteiger partial charge in [-0.05, 0) is 23.8 Å². The number of amides is 1. The fourth-order valence-electron chi connectivity index (χ4n) is 2.17. The van der Waals surface area contributed by atoms with E-state index >= 15 is 0 Å². The van der Waals surface area contributed by atoms with Gasteiger partial charge in [-0.3, -0.25) is 4.79 Å². The fraction of sp³-hybridized carbons (Fsp3) is 0.125. The number of carbonyl (C=O) groups is 1. The van der Waals surface area contributed by atoms with E-state index in [9.17, 15) is 13.2 Å². The van der Waals surface area contributed by atoms with E-state index in [4.69, 9.17) is 11.6 Å². The van der Waals surface area contributed by atoms with Crippen molar-refractivity contribution in [1.82, 2.24) is 5.32 Å². The molecule has 1 aliphatic heterocycles.